The Morgan fingerprint density at radius 3 is 2.33 bits per heavy atom. The van der Waals surface area contributed by atoms with Gasteiger partial charge in [0.2, 0.25) is 6.10 Å². The number of nitro groups is 1. The van der Waals surface area contributed by atoms with E-state index in [0.29, 0.717) is 5.56 Å². The van der Waals surface area contributed by atoms with Crippen molar-refractivity contribution in [3.8, 4) is 6.01 Å². The summed E-state index contributed by atoms with van der Waals surface area (Å²) >= 11 is 0. The topological polar surface area (TPSA) is 115 Å². The molecule has 1 aromatic carbocycles. The highest BCUT2D eigenvalue weighted by Crippen LogP contribution is 2.20. The summed E-state index contributed by atoms with van der Waals surface area (Å²) in [7, 11) is 0. The van der Waals surface area contributed by atoms with Gasteiger partial charge in [0.05, 0.1) is 4.92 Å². The molecule has 1 aromatic heterocycles. The number of aryl methyl sites for hydroxylation is 1. The first-order valence-corrected chi connectivity index (χ1v) is 5.90. The summed E-state index contributed by atoms with van der Waals surface area (Å²) in [5.74, 6) is -1.21. The fourth-order valence-electron chi connectivity index (χ4n) is 1.57. The first kappa shape index (κ1) is 14.4. The number of ether oxygens (including phenoxy) is 1. The number of benzene rings is 1. The van der Waals surface area contributed by atoms with E-state index >= 15 is 0 Å². The molecule has 2 rings (SSSR count). The molecular weight excluding hydrogens is 278 g/mol. The van der Waals surface area contributed by atoms with Crippen LogP contribution >= 0.6 is 0 Å². The first-order chi connectivity index (χ1) is 9.97. The Morgan fingerprint density at radius 2 is 1.86 bits per heavy atom. The van der Waals surface area contributed by atoms with Gasteiger partial charge >= 0.3 is 17.7 Å². The number of carboxylic acids is 1. The van der Waals surface area contributed by atoms with Gasteiger partial charge in [-0.05, 0) is 6.92 Å². The number of carbonyl (C=O) groups is 1. The van der Waals surface area contributed by atoms with Crippen molar-refractivity contribution in [2.45, 2.75) is 13.0 Å². The number of hydrogen-bond acceptors (Lipinski definition) is 6. The Balaban J connectivity index is 2.22. The highest BCUT2D eigenvalue weighted by molar-refractivity contribution is 5.74. The smallest absolute Gasteiger partial charge is 0.349 e. The van der Waals surface area contributed by atoms with E-state index in [1.165, 1.54) is 0 Å². The summed E-state index contributed by atoms with van der Waals surface area (Å²) in [6.07, 6.45) is 0.624. The van der Waals surface area contributed by atoms with Crippen LogP contribution in [0.5, 0.6) is 6.01 Å². The number of hydrogen-bond donors (Lipinski definition) is 1. The van der Waals surface area contributed by atoms with Crippen LogP contribution in [0.25, 0.3) is 0 Å². The Kier molecular flexibility index (Phi) is 4.07. The van der Waals surface area contributed by atoms with E-state index in [2.05, 4.69) is 9.97 Å². The van der Waals surface area contributed by atoms with E-state index in [0.717, 1.165) is 18.0 Å². The van der Waals surface area contributed by atoms with Crippen LogP contribution < -0.4 is 4.74 Å². The molecule has 0 spiro atoms. The van der Waals surface area contributed by atoms with Crippen molar-refractivity contribution in [2.24, 2.45) is 0 Å². The highest BCUT2D eigenvalue weighted by atomic mass is 16.6. The highest BCUT2D eigenvalue weighted by Gasteiger charge is 2.23. The summed E-state index contributed by atoms with van der Waals surface area (Å²) in [6, 6.07) is 6.52. The van der Waals surface area contributed by atoms with Crippen LogP contribution in [0.1, 0.15) is 17.2 Å². The van der Waals surface area contributed by atoms with Crippen molar-refractivity contribution < 1.29 is 19.6 Å². The van der Waals surface area contributed by atoms with E-state index in [1.807, 2.05) is 6.92 Å². The second kappa shape index (κ2) is 5.95. The third kappa shape index (κ3) is 3.50. The van der Waals surface area contributed by atoms with E-state index in [1.54, 1.807) is 24.3 Å². The number of aromatic nitrogens is 2. The SMILES string of the molecule is Cc1ccc(C(Oc2ncc([N+](=O)[O-])cn2)C(=O)O)cc1. The molecular formula is C13H11N3O5. The Hall–Kier alpha value is -3.03. The fourth-order valence-corrected chi connectivity index (χ4v) is 1.57. The third-order valence-corrected chi connectivity index (χ3v) is 2.65. The molecule has 108 valence electrons. The van der Waals surface area contributed by atoms with Crippen molar-refractivity contribution in [1.82, 2.24) is 9.97 Å². The van der Waals surface area contributed by atoms with E-state index in [9.17, 15) is 20.0 Å². The summed E-state index contributed by atoms with van der Waals surface area (Å²) < 4.78 is 5.19. The van der Waals surface area contributed by atoms with Gasteiger partial charge in [0.25, 0.3) is 0 Å². The maximum atomic E-state index is 11.3. The molecule has 1 atom stereocenters. The normalized spacial score (nSPS) is 11.7. The lowest BCUT2D eigenvalue weighted by molar-refractivity contribution is -0.385. The number of nitrogens with zero attached hydrogens (tertiary/aromatic N) is 3. The molecule has 1 heterocycles. The minimum atomic E-state index is -1.29. The van der Waals surface area contributed by atoms with Crippen molar-refractivity contribution >= 4 is 11.7 Å². The lowest BCUT2D eigenvalue weighted by atomic mass is 10.1. The number of carboxylic acid groups (broad SMARTS) is 1. The molecule has 2 aromatic rings. The Bertz CT molecular complexity index is 655. The summed E-state index contributed by atoms with van der Waals surface area (Å²) in [4.78, 5) is 28.4. The van der Waals surface area contributed by atoms with Gasteiger partial charge in [0.15, 0.2) is 0 Å². The molecule has 0 amide bonds. The summed E-state index contributed by atoms with van der Waals surface area (Å²) in [6.45, 7) is 1.87. The average Bonchev–Trinajstić information content (AvgIpc) is 2.46. The maximum Gasteiger partial charge on any atom is 0.349 e. The molecule has 8 heteroatoms. The van der Waals surface area contributed by atoms with E-state index in [-0.39, 0.29) is 11.7 Å². The maximum absolute atomic E-state index is 11.3. The zero-order valence-electron chi connectivity index (χ0n) is 11.0. The van der Waals surface area contributed by atoms with Crippen LogP contribution in [-0.2, 0) is 4.79 Å². The Morgan fingerprint density at radius 1 is 1.29 bits per heavy atom. The molecule has 0 aliphatic heterocycles. The van der Waals surface area contributed by atoms with Gasteiger partial charge in [-0.3, -0.25) is 10.1 Å². The minimum Gasteiger partial charge on any atom is -0.478 e. The zero-order chi connectivity index (χ0) is 15.4. The quantitative estimate of drug-likeness (QED) is 0.660. The fraction of sp³-hybridized carbons (Fsp3) is 0.154. The van der Waals surface area contributed by atoms with Crippen molar-refractivity contribution in [3.05, 3.63) is 57.9 Å². The van der Waals surface area contributed by atoms with Gasteiger partial charge in [-0.15, -0.1) is 0 Å². The largest absolute Gasteiger partial charge is 0.478 e. The van der Waals surface area contributed by atoms with Crippen LogP contribution in [-0.4, -0.2) is 26.0 Å². The van der Waals surface area contributed by atoms with E-state index < -0.39 is 17.0 Å². The van der Waals surface area contributed by atoms with Gasteiger partial charge in [-0.25, -0.2) is 4.79 Å². The van der Waals surface area contributed by atoms with Crippen molar-refractivity contribution in [1.29, 1.82) is 0 Å². The van der Waals surface area contributed by atoms with Gasteiger partial charge < -0.3 is 9.84 Å². The number of aliphatic carboxylic acids is 1. The van der Waals surface area contributed by atoms with Crippen molar-refractivity contribution in [2.75, 3.05) is 0 Å². The first-order valence-electron chi connectivity index (χ1n) is 5.90. The van der Waals surface area contributed by atoms with Crippen LogP contribution in [0, 0.1) is 17.0 Å². The average molecular weight is 289 g/mol. The van der Waals surface area contributed by atoms with Gasteiger partial charge in [0, 0.05) is 5.56 Å². The summed E-state index contributed by atoms with van der Waals surface area (Å²) in [5, 5.41) is 19.7. The molecule has 0 aliphatic carbocycles. The minimum absolute atomic E-state index is 0.242. The molecule has 0 fully saturated rings. The lowest BCUT2D eigenvalue weighted by Crippen LogP contribution is -2.19. The van der Waals surface area contributed by atoms with E-state index in [4.69, 9.17) is 4.74 Å². The molecule has 0 saturated heterocycles. The van der Waals surface area contributed by atoms with Crippen LogP contribution in [0.4, 0.5) is 5.69 Å². The van der Waals surface area contributed by atoms with Gasteiger partial charge in [-0.2, -0.15) is 9.97 Å². The monoisotopic (exact) mass is 289 g/mol. The molecule has 0 radical (unpaired) electrons. The zero-order valence-corrected chi connectivity index (χ0v) is 11.0. The van der Waals surface area contributed by atoms with Crippen LogP contribution in [0.2, 0.25) is 0 Å². The predicted molar refractivity (Wildman–Crippen MR) is 70.9 cm³/mol. The van der Waals surface area contributed by atoms with Crippen LogP contribution in [0.15, 0.2) is 36.7 Å². The van der Waals surface area contributed by atoms with Gasteiger partial charge in [0.1, 0.15) is 12.4 Å². The second-order valence-corrected chi connectivity index (χ2v) is 4.23. The molecule has 0 aliphatic rings. The standard InChI is InChI=1S/C13H11N3O5/c1-8-2-4-9(5-3-8)11(12(17)18)21-13-14-6-10(7-15-13)16(19)20/h2-7,11H,1H3,(H,17,18). The predicted octanol–water partition coefficient (Wildman–Crippen LogP) is 1.90. The Labute approximate surface area is 119 Å². The number of rotatable bonds is 5. The molecule has 1 N–H and O–H groups in total. The molecule has 0 saturated carbocycles. The molecule has 8 nitrogen and oxygen atoms in total. The molecule has 0 bridgehead atoms. The summed E-state index contributed by atoms with van der Waals surface area (Å²) in [5.41, 5.74) is 1.11. The lowest BCUT2D eigenvalue weighted by Gasteiger charge is -2.13. The van der Waals surface area contributed by atoms with Gasteiger partial charge in [-0.1, -0.05) is 29.8 Å². The molecule has 1 unspecified atom stereocenters. The molecule has 21 heavy (non-hydrogen) atoms. The van der Waals surface area contributed by atoms with Crippen molar-refractivity contribution in [3.63, 3.8) is 0 Å². The third-order valence-electron chi connectivity index (χ3n) is 2.65. The van der Waals surface area contributed by atoms with Crippen LogP contribution in [0.3, 0.4) is 0 Å². The second-order valence-electron chi connectivity index (χ2n) is 4.23.